The summed E-state index contributed by atoms with van der Waals surface area (Å²) in [6.07, 6.45) is -1.40. The molecule has 9 heteroatoms. The number of rotatable bonds is 4. The number of amides is 2. The van der Waals surface area contributed by atoms with Gasteiger partial charge in [0.2, 0.25) is 0 Å². The molecule has 0 saturated carbocycles. The monoisotopic (exact) mass is 368 g/mol. The third-order valence-electron chi connectivity index (χ3n) is 3.79. The third kappa shape index (κ3) is 2.77. The van der Waals surface area contributed by atoms with Crippen LogP contribution in [0, 0.1) is 0 Å². The summed E-state index contributed by atoms with van der Waals surface area (Å²) in [5.74, 6) is -2.31. The van der Waals surface area contributed by atoms with E-state index >= 15 is 0 Å². The number of hydrogen-bond donors (Lipinski definition) is 3. The maximum Gasteiger partial charge on any atom is 0.353 e. The first-order valence-electron chi connectivity index (χ1n) is 7.02. The van der Waals surface area contributed by atoms with E-state index in [1.54, 1.807) is 30.3 Å². The molecule has 1 fully saturated rings. The summed E-state index contributed by atoms with van der Waals surface area (Å²) in [5.41, 5.74) is 0.156. The van der Waals surface area contributed by atoms with Crippen molar-refractivity contribution in [3.8, 4) is 0 Å². The highest BCUT2D eigenvalue weighted by molar-refractivity contribution is 8.00. The SMILES string of the molecule is O=C(O)C1=C(Cl)CSC2C(NC(=O)C(O)c3ccccc3)C(=O)N12. The van der Waals surface area contributed by atoms with Gasteiger partial charge >= 0.3 is 5.97 Å². The lowest BCUT2D eigenvalue weighted by atomic mass is 10.0. The van der Waals surface area contributed by atoms with Gasteiger partial charge < -0.3 is 15.5 Å². The molecule has 24 heavy (non-hydrogen) atoms. The molecule has 0 aromatic heterocycles. The second-order valence-electron chi connectivity index (χ2n) is 5.27. The normalized spacial score (nSPS) is 24.1. The lowest BCUT2D eigenvalue weighted by Crippen LogP contribution is -2.70. The fourth-order valence-electron chi connectivity index (χ4n) is 2.60. The predicted molar refractivity (Wildman–Crippen MR) is 86.9 cm³/mol. The van der Waals surface area contributed by atoms with Crippen LogP contribution in [-0.2, 0) is 14.4 Å². The van der Waals surface area contributed by atoms with Crippen molar-refractivity contribution < 1.29 is 24.6 Å². The van der Waals surface area contributed by atoms with Gasteiger partial charge in [0.05, 0.1) is 5.03 Å². The molecule has 7 nitrogen and oxygen atoms in total. The number of nitrogens with one attached hydrogen (secondary N) is 1. The Morgan fingerprint density at radius 2 is 2.00 bits per heavy atom. The zero-order chi connectivity index (χ0) is 17.4. The van der Waals surface area contributed by atoms with Crippen LogP contribution in [0.2, 0.25) is 0 Å². The number of carboxylic acid groups (broad SMARTS) is 1. The highest BCUT2D eigenvalue weighted by atomic mass is 35.5. The second-order valence-corrected chi connectivity index (χ2v) is 6.83. The minimum absolute atomic E-state index is 0.0891. The topological polar surface area (TPSA) is 107 Å². The Balaban J connectivity index is 1.71. The summed E-state index contributed by atoms with van der Waals surface area (Å²) < 4.78 is 0. The van der Waals surface area contributed by atoms with Crippen LogP contribution in [0.3, 0.4) is 0 Å². The number of nitrogens with zero attached hydrogens (tertiary/aromatic N) is 1. The Morgan fingerprint density at radius 1 is 1.33 bits per heavy atom. The number of halogens is 1. The smallest absolute Gasteiger partial charge is 0.353 e. The number of aliphatic carboxylic acids is 1. The number of fused-ring (bicyclic) bond motifs is 1. The first-order chi connectivity index (χ1) is 11.4. The van der Waals surface area contributed by atoms with Crippen LogP contribution in [-0.4, -0.2) is 50.1 Å². The van der Waals surface area contributed by atoms with E-state index in [0.717, 1.165) is 4.90 Å². The van der Waals surface area contributed by atoms with Crippen molar-refractivity contribution in [2.45, 2.75) is 17.5 Å². The summed E-state index contributed by atoms with van der Waals surface area (Å²) in [5, 5.41) is 21.3. The summed E-state index contributed by atoms with van der Waals surface area (Å²) >= 11 is 7.14. The minimum atomic E-state index is -1.40. The Hall–Kier alpha value is -2.03. The zero-order valence-corrected chi connectivity index (χ0v) is 13.8. The van der Waals surface area contributed by atoms with Crippen molar-refractivity contribution in [2.75, 3.05) is 5.75 Å². The molecule has 1 saturated heterocycles. The summed E-state index contributed by atoms with van der Waals surface area (Å²) in [6, 6.07) is 7.43. The number of aliphatic hydroxyl groups excluding tert-OH is 1. The molecule has 2 aliphatic heterocycles. The molecule has 3 N–H and O–H groups in total. The fourth-order valence-corrected chi connectivity index (χ4v) is 4.15. The number of benzene rings is 1. The largest absolute Gasteiger partial charge is 0.477 e. The van der Waals surface area contributed by atoms with Crippen LogP contribution in [0.25, 0.3) is 0 Å². The van der Waals surface area contributed by atoms with E-state index in [9.17, 15) is 24.6 Å². The van der Waals surface area contributed by atoms with E-state index in [1.807, 2.05) is 0 Å². The molecular weight excluding hydrogens is 356 g/mol. The molecule has 0 spiro atoms. The molecule has 3 rings (SSSR count). The fraction of sp³-hybridized carbons (Fsp3) is 0.267. The maximum absolute atomic E-state index is 12.2. The summed E-state index contributed by atoms with van der Waals surface area (Å²) in [7, 11) is 0. The first-order valence-corrected chi connectivity index (χ1v) is 8.44. The number of thioether (sulfide) groups is 1. The number of carboxylic acids is 1. The van der Waals surface area contributed by atoms with Crippen LogP contribution >= 0.6 is 23.4 Å². The van der Waals surface area contributed by atoms with Crippen molar-refractivity contribution in [3.63, 3.8) is 0 Å². The quantitative estimate of drug-likeness (QED) is 0.674. The summed E-state index contributed by atoms with van der Waals surface area (Å²) in [6.45, 7) is 0. The van der Waals surface area contributed by atoms with Crippen molar-refractivity contribution in [1.29, 1.82) is 0 Å². The Labute approximate surface area is 146 Å². The zero-order valence-electron chi connectivity index (χ0n) is 12.2. The van der Waals surface area contributed by atoms with Crippen molar-refractivity contribution in [3.05, 3.63) is 46.6 Å². The van der Waals surface area contributed by atoms with Crippen molar-refractivity contribution in [2.24, 2.45) is 0 Å². The predicted octanol–water partition coefficient (Wildman–Crippen LogP) is 0.655. The van der Waals surface area contributed by atoms with Crippen molar-refractivity contribution in [1.82, 2.24) is 10.2 Å². The van der Waals surface area contributed by atoms with Gasteiger partial charge in [-0.05, 0) is 5.56 Å². The van der Waals surface area contributed by atoms with E-state index in [0.29, 0.717) is 5.56 Å². The molecule has 3 unspecified atom stereocenters. The van der Waals surface area contributed by atoms with E-state index in [1.165, 1.54) is 11.8 Å². The highest BCUT2D eigenvalue weighted by Crippen LogP contribution is 2.41. The molecule has 1 aromatic rings. The van der Waals surface area contributed by atoms with Crippen molar-refractivity contribution >= 4 is 41.1 Å². The molecule has 2 aliphatic rings. The molecule has 126 valence electrons. The second kappa shape index (κ2) is 6.46. The van der Waals surface area contributed by atoms with Gasteiger partial charge in [0.25, 0.3) is 11.8 Å². The van der Waals surface area contributed by atoms with E-state index in [4.69, 9.17) is 11.6 Å². The first kappa shape index (κ1) is 16.8. The summed E-state index contributed by atoms with van der Waals surface area (Å²) in [4.78, 5) is 36.7. The Bertz CT molecular complexity index is 739. The van der Waals surface area contributed by atoms with Crippen LogP contribution in [0.15, 0.2) is 41.1 Å². The van der Waals surface area contributed by atoms with Gasteiger partial charge in [-0.2, -0.15) is 0 Å². The number of carbonyl (C=O) groups is 3. The number of carbonyl (C=O) groups excluding carboxylic acids is 2. The van der Waals surface area contributed by atoms with Gasteiger partial charge in [-0.25, -0.2) is 4.79 Å². The molecule has 1 aromatic carbocycles. The lowest BCUT2D eigenvalue weighted by molar-refractivity contribution is -0.151. The molecule has 0 aliphatic carbocycles. The van der Waals surface area contributed by atoms with E-state index < -0.39 is 35.3 Å². The van der Waals surface area contributed by atoms with Gasteiger partial charge in [0.15, 0.2) is 6.10 Å². The molecular formula is C15H13ClN2O5S. The van der Waals surface area contributed by atoms with E-state index in [-0.39, 0.29) is 16.5 Å². The molecule has 0 bridgehead atoms. The van der Waals surface area contributed by atoms with Gasteiger partial charge in [0, 0.05) is 5.75 Å². The Kier molecular flexibility index (Phi) is 4.53. The van der Waals surface area contributed by atoms with Crippen LogP contribution < -0.4 is 5.32 Å². The molecule has 2 heterocycles. The van der Waals surface area contributed by atoms with Crippen LogP contribution in [0.4, 0.5) is 0 Å². The number of hydrogen-bond acceptors (Lipinski definition) is 5. The van der Waals surface area contributed by atoms with Crippen LogP contribution in [0.1, 0.15) is 11.7 Å². The molecule has 0 radical (unpaired) electrons. The standard InChI is InChI=1S/C15H13ClN2O5S/c16-8-6-24-14-9(13(21)18(14)10(8)15(22)23)17-12(20)11(19)7-4-2-1-3-5-7/h1-5,9,11,14,19H,6H2,(H,17,20)(H,22,23). The van der Waals surface area contributed by atoms with E-state index in [2.05, 4.69) is 5.32 Å². The lowest BCUT2D eigenvalue weighted by Gasteiger charge is -2.48. The minimum Gasteiger partial charge on any atom is -0.477 e. The highest BCUT2D eigenvalue weighted by Gasteiger charge is 2.54. The molecule has 3 atom stereocenters. The Morgan fingerprint density at radius 3 is 2.62 bits per heavy atom. The van der Waals surface area contributed by atoms with Gasteiger partial charge in [-0.1, -0.05) is 41.9 Å². The maximum atomic E-state index is 12.2. The van der Waals surface area contributed by atoms with Crippen LogP contribution in [0.5, 0.6) is 0 Å². The number of aliphatic hydroxyl groups is 1. The third-order valence-corrected chi connectivity index (χ3v) is 5.54. The van der Waals surface area contributed by atoms with Gasteiger partial charge in [0.1, 0.15) is 17.1 Å². The average Bonchev–Trinajstić information content (AvgIpc) is 2.59. The van der Waals surface area contributed by atoms with Gasteiger partial charge in [-0.15, -0.1) is 11.8 Å². The van der Waals surface area contributed by atoms with Gasteiger partial charge in [-0.3, -0.25) is 14.5 Å². The average molecular weight is 369 g/mol. The number of β-lactam (4-membered cyclic amide) rings is 1. The molecule has 2 amide bonds.